The Balaban J connectivity index is 1.25. The van der Waals surface area contributed by atoms with Crippen molar-refractivity contribution in [2.45, 2.75) is 6.42 Å². The minimum absolute atomic E-state index is 0.0250. The van der Waals surface area contributed by atoms with Crippen LogP contribution in [0.2, 0.25) is 0 Å². The van der Waals surface area contributed by atoms with E-state index >= 15 is 0 Å². The van der Waals surface area contributed by atoms with Crippen LogP contribution in [0.25, 0.3) is 28.2 Å². The number of aromatic nitrogens is 1. The van der Waals surface area contributed by atoms with Crippen LogP contribution in [0.3, 0.4) is 0 Å². The van der Waals surface area contributed by atoms with E-state index in [9.17, 15) is 9.59 Å². The van der Waals surface area contributed by atoms with Gasteiger partial charge in [0.2, 0.25) is 11.8 Å². The van der Waals surface area contributed by atoms with E-state index in [4.69, 9.17) is 0 Å². The van der Waals surface area contributed by atoms with Gasteiger partial charge in [-0.1, -0.05) is 76.6 Å². The first-order chi connectivity index (χ1) is 17.1. The van der Waals surface area contributed by atoms with Crippen molar-refractivity contribution in [1.82, 2.24) is 14.8 Å². The number of hydrogen-bond donors (Lipinski definition) is 1. The lowest BCUT2D eigenvalue weighted by atomic mass is 10.0. The minimum Gasteiger partial charge on any atom is -0.354 e. The Hall–Kier alpha value is -3.64. The van der Waals surface area contributed by atoms with Gasteiger partial charge in [0.1, 0.15) is 0 Å². The number of carbonyl (C=O) groups excluding carboxylic acids is 2. The van der Waals surface area contributed by atoms with Crippen molar-refractivity contribution < 1.29 is 9.59 Å². The van der Waals surface area contributed by atoms with Gasteiger partial charge in [0.15, 0.2) is 0 Å². The monoisotopic (exact) mass is 527 g/mol. The van der Waals surface area contributed by atoms with Gasteiger partial charge in [-0.15, -0.1) is 0 Å². The third-order valence-electron chi connectivity index (χ3n) is 6.44. The van der Waals surface area contributed by atoms with Crippen LogP contribution in [0.4, 0.5) is 0 Å². The van der Waals surface area contributed by atoms with Crippen molar-refractivity contribution in [2.24, 2.45) is 0 Å². The molecular formula is C29H26BrN3O2. The summed E-state index contributed by atoms with van der Waals surface area (Å²) in [4.78, 5) is 33.1. The lowest BCUT2D eigenvalue weighted by Crippen LogP contribution is -2.50. The molecule has 3 aromatic carbocycles. The fourth-order valence-electron chi connectivity index (χ4n) is 4.52. The Morgan fingerprint density at radius 3 is 2.23 bits per heavy atom. The first-order valence-corrected chi connectivity index (χ1v) is 12.5. The molecule has 1 aliphatic rings. The van der Waals surface area contributed by atoms with Gasteiger partial charge in [-0.05, 0) is 41.0 Å². The Morgan fingerprint density at radius 1 is 0.829 bits per heavy atom. The Bertz CT molecular complexity index is 1370. The fraction of sp³-hybridized carbons (Fsp3) is 0.172. The van der Waals surface area contributed by atoms with Crippen molar-refractivity contribution >= 4 is 44.7 Å². The summed E-state index contributed by atoms with van der Waals surface area (Å²) in [6.45, 7) is 2.16. The summed E-state index contributed by atoms with van der Waals surface area (Å²) in [5.74, 6) is 0.0625. The fourth-order valence-corrected chi connectivity index (χ4v) is 4.79. The highest BCUT2D eigenvalue weighted by atomic mass is 79.9. The molecule has 1 aromatic heterocycles. The molecule has 2 heterocycles. The number of fused-ring (bicyclic) bond motifs is 1. The second-order valence-corrected chi connectivity index (χ2v) is 9.57. The molecule has 2 amide bonds. The number of rotatable bonds is 5. The predicted octanol–water partition coefficient (Wildman–Crippen LogP) is 5.52. The maximum Gasteiger partial charge on any atom is 0.246 e. The van der Waals surface area contributed by atoms with Crippen LogP contribution in [0.1, 0.15) is 11.1 Å². The first kappa shape index (κ1) is 23.1. The van der Waals surface area contributed by atoms with Crippen LogP contribution >= 0.6 is 15.9 Å². The molecule has 5 nitrogen and oxygen atoms in total. The van der Waals surface area contributed by atoms with Gasteiger partial charge in [0, 0.05) is 47.6 Å². The van der Waals surface area contributed by atoms with Crippen molar-refractivity contribution in [3.8, 4) is 11.3 Å². The smallest absolute Gasteiger partial charge is 0.246 e. The second-order valence-electron chi connectivity index (χ2n) is 8.66. The molecule has 35 heavy (non-hydrogen) atoms. The largest absolute Gasteiger partial charge is 0.354 e. The van der Waals surface area contributed by atoms with Crippen molar-refractivity contribution in [3.63, 3.8) is 0 Å². The summed E-state index contributed by atoms with van der Waals surface area (Å²) in [6, 6.07) is 26.1. The maximum atomic E-state index is 13.3. The molecule has 1 saturated heterocycles. The predicted molar refractivity (Wildman–Crippen MR) is 144 cm³/mol. The molecular weight excluding hydrogens is 502 g/mol. The zero-order chi connectivity index (χ0) is 24.2. The summed E-state index contributed by atoms with van der Waals surface area (Å²) in [7, 11) is 0. The number of carbonyl (C=O) groups is 2. The van der Waals surface area contributed by atoms with Gasteiger partial charge in [-0.3, -0.25) is 9.59 Å². The quantitative estimate of drug-likeness (QED) is 0.347. The normalized spacial score (nSPS) is 14.1. The van der Waals surface area contributed by atoms with E-state index in [1.54, 1.807) is 11.0 Å². The molecule has 0 radical (unpaired) electrons. The first-order valence-electron chi connectivity index (χ1n) is 11.7. The number of nitrogens with one attached hydrogen (secondary N) is 1. The third-order valence-corrected chi connectivity index (χ3v) is 6.97. The van der Waals surface area contributed by atoms with E-state index in [0.29, 0.717) is 32.6 Å². The molecule has 0 aliphatic carbocycles. The van der Waals surface area contributed by atoms with E-state index in [1.807, 2.05) is 71.6 Å². The van der Waals surface area contributed by atoms with Gasteiger partial charge in [-0.2, -0.15) is 0 Å². The Labute approximate surface area is 213 Å². The number of benzene rings is 3. The maximum absolute atomic E-state index is 13.3. The number of H-pyrrole nitrogens is 1. The van der Waals surface area contributed by atoms with Gasteiger partial charge in [0.25, 0.3) is 0 Å². The molecule has 0 saturated carbocycles. The molecule has 176 valence electrons. The van der Waals surface area contributed by atoms with Crippen LogP contribution in [0, 0.1) is 0 Å². The Kier molecular flexibility index (Phi) is 6.82. The summed E-state index contributed by atoms with van der Waals surface area (Å²) in [6.07, 6.45) is 3.76. The van der Waals surface area contributed by atoms with E-state index in [2.05, 4.69) is 39.1 Å². The number of halogens is 1. The lowest BCUT2D eigenvalue weighted by molar-refractivity contribution is -0.136. The highest BCUT2D eigenvalue weighted by molar-refractivity contribution is 9.10. The van der Waals surface area contributed by atoms with Gasteiger partial charge < -0.3 is 14.8 Å². The SMILES string of the molecule is O=C(/C=C/c1ccc(Br)cc1)N1CCN(C(=O)Cc2c(-c3ccccc3)[nH]c3ccccc23)CC1. The van der Waals surface area contributed by atoms with E-state index in [1.165, 1.54) is 0 Å². The van der Waals surface area contributed by atoms with Crippen molar-refractivity contribution in [3.05, 3.63) is 101 Å². The number of para-hydroxylation sites is 1. The molecule has 0 atom stereocenters. The van der Waals surface area contributed by atoms with Crippen LogP contribution in [-0.2, 0) is 16.0 Å². The molecule has 4 aromatic rings. The lowest BCUT2D eigenvalue weighted by Gasteiger charge is -2.34. The highest BCUT2D eigenvalue weighted by Crippen LogP contribution is 2.31. The standard InChI is InChI=1S/C29H26BrN3O2/c30-23-13-10-21(11-14-23)12-15-27(34)32-16-18-33(19-17-32)28(35)20-25-24-8-4-5-9-26(24)31-29(25)22-6-2-1-3-7-22/h1-15,31H,16-20H2/b15-12+. The number of amides is 2. The van der Waals surface area contributed by atoms with Gasteiger partial charge in [-0.25, -0.2) is 0 Å². The van der Waals surface area contributed by atoms with Crippen molar-refractivity contribution in [2.75, 3.05) is 26.2 Å². The topological polar surface area (TPSA) is 56.4 Å². The van der Waals surface area contributed by atoms with Crippen LogP contribution in [0.15, 0.2) is 89.4 Å². The summed E-state index contributed by atoms with van der Waals surface area (Å²) in [5.41, 5.74) is 5.09. The minimum atomic E-state index is -0.0250. The van der Waals surface area contributed by atoms with Crippen LogP contribution in [0.5, 0.6) is 0 Å². The molecule has 1 aliphatic heterocycles. The molecule has 1 N–H and O–H groups in total. The summed E-state index contributed by atoms with van der Waals surface area (Å²) in [5, 5.41) is 1.08. The van der Waals surface area contributed by atoms with Gasteiger partial charge in [0.05, 0.1) is 12.1 Å². The number of nitrogens with zero attached hydrogens (tertiary/aromatic N) is 2. The number of piperazine rings is 1. The van der Waals surface area contributed by atoms with E-state index < -0.39 is 0 Å². The second kappa shape index (κ2) is 10.3. The molecule has 0 bridgehead atoms. The Morgan fingerprint density at radius 2 is 1.49 bits per heavy atom. The average molecular weight is 528 g/mol. The van der Waals surface area contributed by atoms with E-state index in [-0.39, 0.29) is 11.8 Å². The molecule has 5 rings (SSSR count). The third kappa shape index (κ3) is 5.23. The summed E-state index contributed by atoms with van der Waals surface area (Å²) < 4.78 is 1.00. The highest BCUT2D eigenvalue weighted by Gasteiger charge is 2.25. The summed E-state index contributed by atoms with van der Waals surface area (Å²) >= 11 is 3.42. The molecule has 1 fully saturated rings. The average Bonchev–Trinajstić information content (AvgIpc) is 3.27. The molecule has 6 heteroatoms. The van der Waals surface area contributed by atoms with Gasteiger partial charge >= 0.3 is 0 Å². The van der Waals surface area contributed by atoms with Crippen molar-refractivity contribution in [1.29, 1.82) is 0 Å². The molecule has 0 unspecified atom stereocenters. The number of hydrogen-bond acceptors (Lipinski definition) is 2. The van der Waals surface area contributed by atoms with Crippen LogP contribution < -0.4 is 0 Å². The van der Waals surface area contributed by atoms with Crippen LogP contribution in [-0.4, -0.2) is 52.8 Å². The van der Waals surface area contributed by atoms with E-state index in [0.717, 1.165) is 37.8 Å². The number of aromatic amines is 1. The zero-order valence-electron chi connectivity index (χ0n) is 19.3. The zero-order valence-corrected chi connectivity index (χ0v) is 20.9. The molecule has 0 spiro atoms.